The lowest BCUT2D eigenvalue weighted by Gasteiger charge is -2.34. The minimum atomic E-state index is 0.572. The summed E-state index contributed by atoms with van der Waals surface area (Å²) in [6.07, 6.45) is 8.97. The monoisotopic (exact) mass is 311 g/mol. The third-order valence-electron chi connectivity index (χ3n) is 5.53. The molecule has 3 atom stereocenters. The zero-order valence-corrected chi connectivity index (χ0v) is 15.1. The summed E-state index contributed by atoms with van der Waals surface area (Å²) < 4.78 is 5.79. The third kappa shape index (κ3) is 3.08. The Hall–Kier alpha value is -1.57. The Balaban J connectivity index is 1.96. The van der Waals surface area contributed by atoms with E-state index in [1.807, 2.05) is 0 Å². The van der Waals surface area contributed by atoms with Crippen LogP contribution in [0.15, 0.2) is 28.5 Å². The maximum Gasteiger partial charge on any atom is 0.182 e. The Kier molecular flexibility index (Phi) is 4.61. The average molecular weight is 311 g/mol. The van der Waals surface area contributed by atoms with Crippen LogP contribution in [0.25, 0.3) is 11.1 Å². The second-order valence-corrected chi connectivity index (χ2v) is 7.65. The normalized spacial score (nSPS) is 22.0. The van der Waals surface area contributed by atoms with Gasteiger partial charge in [-0.15, -0.1) is 0 Å². The summed E-state index contributed by atoms with van der Waals surface area (Å²) in [5.41, 5.74) is 7.71. The average Bonchev–Trinajstić information content (AvgIpc) is 2.97. The van der Waals surface area contributed by atoms with Crippen LogP contribution in [0.5, 0.6) is 0 Å². The fourth-order valence-electron chi connectivity index (χ4n) is 4.20. The summed E-state index contributed by atoms with van der Waals surface area (Å²) in [6, 6.07) is 2.39. The number of hydrogen-bond donors (Lipinski definition) is 0. The van der Waals surface area contributed by atoms with Crippen LogP contribution in [-0.2, 0) is 0 Å². The fourth-order valence-corrected chi connectivity index (χ4v) is 4.20. The van der Waals surface area contributed by atoms with Gasteiger partial charge in [-0.2, -0.15) is 0 Å². The van der Waals surface area contributed by atoms with E-state index >= 15 is 0 Å². The van der Waals surface area contributed by atoms with Crippen LogP contribution >= 0.6 is 0 Å². The second-order valence-electron chi connectivity index (χ2n) is 7.65. The molecular weight excluding hydrogens is 282 g/mol. The van der Waals surface area contributed by atoms with Crippen LogP contribution in [0, 0.1) is 12.8 Å². The van der Waals surface area contributed by atoms with Gasteiger partial charge in [0.2, 0.25) is 0 Å². The van der Waals surface area contributed by atoms with Crippen molar-refractivity contribution in [1.82, 2.24) is 4.98 Å². The molecule has 3 rings (SSSR count). The molecule has 0 unspecified atom stereocenters. The Labute approximate surface area is 140 Å². The highest BCUT2D eigenvalue weighted by Gasteiger charge is 2.31. The van der Waals surface area contributed by atoms with Crippen molar-refractivity contribution in [2.75, 3.05) is 0 Å². The van der Waals surface area contributed by atoms with Crippen LogP contribution in [0.1, 0.15) is 81.9 Å². The lowest BCUT2D eigenvalue weighted by Crippen LogP contribution is -2.19. The molecule has 124 valence electrons. The summed E-state index contributed by atoms with van der Waals surface area (Å²) in [4.78, 5) is 4.43. The Morgan fingerprint density at radius 1 is 1.39 bits per heavy atom. The minimum absolute atomic E-state index is 0.572. The first-order valence-corrected chi connectivity index (χ1v) is 8.99. The molecule has 0 fully saturated rings. The molecule has 0 aliphatic heterocycles. The summed E-state index contributed by atoms with van der Waals surface area (Å²) in [7, 11) is 0. The second kappa shape index (κ2) is 6.51. The number of nitrogens with zero attached hydrogens (tertiary/aromatic N) is 1. The van der Waals surface area contributed by atoms with Crippen molar-refractivity contribution >= 4 is 11.1 Å². The van der Waals surface area contributed by atoms with E-state index in [0.29, 0.717) is 17.8 Å². The lowest BCUT2D eigenvalue weighted by atomic mass is 9.71. The highest BCUT2D eigenvalue weighted by Crippen LogP contribution is 2.46. The molecule has 0 spiro atoms. The molecule has 0 saturated carbocycles. The molecule has 1 aromatic heterocycles. The number of benzene rings is 1. The molecule has 0 radical (unpaired) electrons. The van der Waals surface area contributed by atoms with E-state index in [0.717, 1.165) is 11.1 Å². The van der Waals surface area contributed by atoms with Crippen molar-refractivity contribution < 1.29 is 4.42 Å². The third-order valence-corrected chi connectivity index (χ3v) is 5.53. The number of fused-ring (bicyclic) bond motifs is 3. The number of aromatic nitrogens is 1. The number of hydrogen-bond acceptors (Lipinski definition) is 2. The molecule has 1 aliphatic carbocycles. The van der Waals surface area contributed by atoms with Gasteiger partial charge in [-0.1, -0.05) is 31.6 Å². The first-order chi connectivity index (χ1) is 11.0. The van der Waals surface area contributed by atoms with E-state index in [1.54, 1.807) is 6.39 Å². The van der Waals surface area contributed by atoms with Gasteiger partial charge in [0.25, 0.3) is 0 Å². The van der Waals surface area contributed by atoms with E-state index in [1.165, 1.54) is 47.9 Å². The molecule has 0 amide bonds. The molecule has 0 N–H and O–H groups in total. The van der Waals surface area contributed by atoms with Crippen LogP contribution in [0.3, 0.4) is 0 Å². The SMILES string of the molecule is CC(C)=CCC[C@H](C)[C@H]1CC[C@@H](C)c2c1cc(C)c1ncoc21. The summed E-state index contributed by atoms with van der Waals surface area (Å²) >= 11 is 0. The first kappa shape index (κ1) is 16.3. The zero-order valence-electron chi connectivity index (χ0n) is 15.1. The van der Waals surface area contributed by atoms with Gasteiger partial charge < -0.3 is 4.42 Å². The van der Waals surface area contributed by atoms with Crippen molar-refractivity contribution in [2.24, 2.45) is 5.92 Å². The molecule has 0 saturated heterocycles. The van der Waals surface area contributed by atoms with E-state index < -0.39 is 0 Å². The summed E-state index contributed by atoms with van der Waals surface area (Å²) in [6.45, 7) is 11.3. The van der Waals surface area contributed by atoms with Crippen molar-refractivity contribution in [2.45, 2.75) is 72.1 Å². The van der Waals surface area contributed by atoms with Crippen LogP contribution in [0.4, 0.5) is 0 Å². The van der Waals surface area contributed by atoms with Crippen LogP contribution in [0.2, 0.25) is 0 Å². The standard InChI is InChI=1S/C21H29NO/c1-13(2)7-6-8-14(3)17-10-9-15(4)19-18(17)11-16(5)20-21(19)23-12-22-20/h7,11-12,14-15,17H,6,8-10H2,1-5H3/t14-,15+,17+/m0/s1. The lowest BCUT2D eigenvalue weighted by molar-refractivity contribution is 0.370. The first-order valence-electron chi connectivity index (χ1n) is 8.99. The van der Waals surface area contributed by atoms with Gasteiger partial charge in [-0.3, -0.25) is 0 Å². The smallest absolute Gasteiger partial charge is 0.182 e. The highest BCUT2D eigenvalue weighted by molar-refractivity contribution is 5.82. The molecule has 2 heteroatoms. The van der Waals surface area contributed by atoms with Crippen molar-refractivity contribution in [3.8, 4) is 0 Å². The van der Waals surface area contributed by atoms with Gasteiger partial charge in [0.05, 0.1) is 0 Å². The maximum atomic E-state index is 5.79. The molecule has 1 aliphatic rings. The van der Waals surface area contributed by atoms with E-state index in [-0.39, 0.29) is 0 Å². The van der Waals surface area contributed by atoms with E-state index in [9.17, 15) is 0 Å². The molecule has 2 aromatic rings. The van der Waals surface area contributed by atoms with E-state index in [4.69, 9.17) is 4.42 Å². The predicted molar refractivity (Wildman–Crippen MR) is 97.0 cm³/mol. The van der Waals surface area contributed by atoms with Gasteiger partial charge in [0.1, 0.15) is 5.52 Å². The van der Waals surface area contributed by atoms with Crippen molar-refractivity contribution in [3.05, 3.63) is 40.8 Å². The molecule has 23 heavy (non-hydrogen) atoms. The summed E-state index contributed by atoms with van der Waals surface area (Å²) in [5, 5.41) is 0. The largest absolute Gasteiger partial charge is 0.443 e. The van der Waals surface area contributed by atoms with Gasteiger partial charge >= 0.3 is 0 Å². The molecule has 2 nitrogen and oxygen atoms in total. The van der Waals surface area contributed by atoms with Crippen molar-refractivity contribution in [1.29, 1.82) is 0 Å². The Morgan fingerprint density at radius 2 is 2.17 bits per heavy atom. The number of allylic oxidation sites excluding steroid dienone is 2. The Morgan fingerprint density at radius 3 is 2.91 bits per heavy atom. The molecule has 1 heterocycles. The van der Waals surface area contributed by atoms with Crippen LogP contribution in [-0.4, -0.2) is 4.98 Å². The molecule has 1 aromatic carbocycles. The number of oxazole rings is 1. The topological polar surface area (TPSA) is 26.0 Å². The quantitative estimate of drug-likeness (QED) is 0.602. The van der Waals surface area contributed by atoms with Crippen molar-refractivity contribution in [3.63, 3.8) is 0 Å². The molecular formula is C21H29NO. The maximum absolute atomic E-state index is 5.79. The van der Waals surface area contributed by atoms with Crippen LogP contribution < -0.4 is 0 Å². The highest BCUT2D eigenvalue weighted by atomic mass is 16.3. The van der Waals surface area contributed by atoms with Gasteiger partial charge in [0, 0.05) is 5.56 Å². The number of rotatable bonds is 4. The summed E-state index contributed by atoms with van der Waals surface area (Å²) in [5.74, 6) is 1.93. The fraction of sp³-hybridized carbons (Fsp3) is 0.571. The minimum Gasteiger partial charge on any atom is -0.443 e. The number of aryl methyl sites for hydroxylation is 1. The van der Waals surface area contributed by atoms with Gasteiger partial charge in [-0.05, 0) is 75.3 Å². The molecule has 0 bridgehead atoms. The zero-order chi connectivity index (χ0) is 16.6. The van der Waals surface area contributed by atoms with Gasteiger partial charge in [-0.25, -0.2) is 4.98 Å². The predicted octanol–water partition coefficient (Wildman–Crippen LogP) is 6.50. The van der Waals surface area contributed by atoms with Gasteiger partial charge in [0.15, 0.2) is 12.0 Å². The van der Waals surface area contributed by atoms with E-state index in [2.05, 4.69) is 51.7 Å². The Bertz CT molecular complexity index is 721.